The van der Waals surface area contributed by atoms with E-state index in [-0.39, 0.29) is 17.9 Å². The number of hydrogen-bond donors (Lipinski definition) is 1. The van der Waals surface area contributed by atoms with Crippen LogP contribution < -0.4 is 10.1 Å². The van der Waals surface area contributed by atoms with Crippen LogP contribution in [0.2, 0.25) is 0 Å². The standard InChI is InChI=1S/C18H30N2O2/c1-14(2)15-8-7-9-16(10-15)22-11-17(21)19-12-18(3,4)13-20(5)6/h7-10,14H,11-13H2,1-6H3,(H,19,21). The van der Waals surface area contributed by atoms with E-state index in [0.717, 1.165) is 12.3 Å². The highest BCUT2D eigenvalue weighted by Gasteiger charge is 2.19. The Balaban J connectivity index is 2.42. The first-order chi connectivity index (χ1) is 10.2. The van der Waals surface area contributed by atoms with Crippen LogP contribution in [0.3, 0.4) is 0 Å². The Bertz CT molecular complexity index is 482. The Labute approximate surface area is 134 Å². The maximum atomic E-state index is 11.9. The smallest absolute Gasteiger partial charge is 0.257 e. The maximum absolute atomic E-state index is 11.9. The van der Waals surface area contributed by atoms with Crippen LogP contribution >= 0.6 is 0 Å². The quantitative estimate of drug-likeness (QED) is 0.803. The van der Waals surface area contributed by atoms with Gasteiger partial charge in [-0.2, -0.15) is 0 Å². The molecule has 0 spiro atoms. The van der Waals surface area contributed by atoms with E-state index in [0.29, 0.717) is 12.5 Å². The highest BCUT2D eigenvalue weighted by molar-refractivity contribution is 5.77. The first-order valence-electron chi connectivity index (χ1n) is 7.84. The van der Waals surface area contributed by atoms with Gasteiger partial charge in [-0.25, -0.2) is 0 Å². The van der Waals surface area contributed by atoms with Gasteiger partial charge in [-0.1, -0.05) is 39.8 Å². The minimum atomic E-state index is -0.0817. The van der Waals surface area contributed by atoms with Crippen molar-refractivity contribution in [3.05, 3.63) is 29.8 Å². The summed E-state index contributed by atoms with van der Waals surface area (Å²) in [5, 5.41) is 2.95. The van der Waals surface area contributed by atoms with Crippen LogP contribution in [0.25, 0.3) is 0 Å². The number of ether oxygens (including phenoxy) is 1. The van der Waals surface area contributed by atoms with Crippen LogP contribution in [0.15, 0.2) is 24.3 Å². The zero-order chi connectivity index (χ0) is 16.8. The Morgan fingerprint density at radius 1 is 1.32 bits per heavy atom. The van der Waals surface area contributed by atoms with E-state index in [1.807, 2.05) is 32.3 Å². The molecule has 0 saturated carbocycles. The van der Waals surface area contributed by atoms with Gasteiger partial charge < -0.3 is 15.0 Å². The third-order valence-electron chi connectivity index (χ3n) is 3.40. The second kappa shape index (κ2) is 8.18. The molecule has 0 unspecified atom stereocenters. The number of rotatable bonds is 8. The van der Waals surface area contributed by atoms with Gasteiger partial charge in [0.25, 0.3) is 5.91 Å². The number of carbonyl (C=O) groups excluding carboxylic acids is 1. The van der Waals surface area contributed by atoms with Crippen molar-refractivity contribution in [1.82, 2.24) is 10.2 Å². The van der Waals surface area contributed by atoms with Crippen molar-refractivity contribution >= 4 is 5.91 Å². The minimum absolute atomic E-state index is 0.0384. The molecule has 4 nitrogen and oxygen atoms in total. The monoisotopic (exact) mass is 306 g/mol. The van der Waals surface area contributed by atoms with Crippen LogP contribution in [0.4, 0.5) is 0 Å². The molecule has 0 radical (unpaired) electrons. The van der Waals surface area contributed by atoms with Crippen LogP contribution in [-0.2, 0) is 4.79 Å². The molecule has 0 aromatic heterocycles. The molecule has 0 aliphatic heterocycles. The van der Waals surface area contributed by atoms with Crippen molar-refractivity contribution in [2.24, 2.45) is 5.41 Å². The molecule has 0 saturated heterocycles. The van der Waals surface area contributed by atoms with Gasteiger partial charge >= 0.3 is 0 Å². The predicted molar refractivity (Wildman–Crippen MR) is 91.4 cm³/mol. The molecular formula is C18H30N2O2. The Hall–Kier alpha value is -1.55. The van der Waals surface area contributed by atoms with Crippen molar-refractivity contribution in [3.63, 3.8) is 0 Å². The Morgan fingerprint density at radius 3 is 2.59 bits per heavy atom. The number of nitrogens with one attached hydrogen (secondary N) is 1. The Kier molecular flexibility index (Phi) is 6.88. The summed E-state index contributed by atoms with van der Waals surface area (Å²) < 4.78 is 5.58. The molecule has 0 aliphatic rings. The highest BCUT2D eigenvalue weighted by Crippen LogP contribution is 2.20. The fourth-order valence-corrected chi connectivity index (χ4v) is 2.41. The lowest BCUT2D eigenvalue weighted by Crippen LogP contribution is -2.41. The molecule has 1 aromatic rings. The second-order valence-corrected chi connectivity index (χ2v) is 7.19. The van der Waals surface area contributed by atoms with E-state index in [4.69, 9.17) is 4.74 Å². The van der Waals surface area contributed by atoms with E-state index >= 15 is 0 Å². The van der Waals surface area contributed by atoms with Crippen LogP contribution in [0, 0.1) is 5.41 Å². The summed E-state index contributed by atoms with van der Waals surface area (Å²) in [5.41, 5.74) is 1.25. The van der Waals surface area contributed by atoms with Gasteiger partial charge in [0.05, 0.1) is 0 Å². The molecule has 1 rings (SSSR count). The van der Waals surface area contributed by atoms with E-state index in [9.17, 15) is 4.79 Å². The molecular weight excluding hydrogens is 276 g/mol. The minimum Gasteiger partial charge on any atom is -0.484 e. The largest absolute Gasteiger partial charge is 0.484 e. The third kappa shape index (κ3) is 6.94. The molecule has 1 amide bonds. The normalized spacial score (nSPS) is 11.8. The lowest BCUT2D eigenvalue weighted by molar-refractivity contribution is -0.123. The summed E-state index contributed by atoms with van der Waals surface area (Å²) in [7, 11) is 4.07. The average molecular weight is 306 g/mol. The van der Waals surface area contributed by atoms with Crippen LogP contribution in [0.5, 0.6) is 5.75 Å². The second-order valence-electron chi connectivity index (χ2n) is 7.19. The van der Waals surface area contributed by atoms with Crippen LogP contribution in [-0.4, -0.2) is 44.6 Å². The molecule has 0 aliphatic carbocycles. The van der Waals surface area contributed by atoms with Gasteiger partial charge in [-0.3, -0.25) is 4.79 Å². The van der Waals surface area contributed by atoms with Crippen molar-refractivity contribution in [2.75, 3.05) is 33.8 Å². The van der Waals surface area contributed by atoms with Crippen molar-refractivity contribution in [3.8, 4) is 5.75 Å². The molecule has 0 fully saturated rings. The zero-order valence-corrected chi connectivity index (χ0v) is 14.8. The van der Waals surface area contributed by atoms with E-state index in [2.05, 4.69) is 44.0 Å². The van der Waals surface area contributed by atoms with E-state index in [1.165, 1.54) is 5.56 Å². The van der Waals surface area contributed by atoms with Gasteiger partial charge in [0.15, 0.2) is 6.61 Å². The Morgan fingerprint density at radius 2 is 2.00 bits per heavy atom. The average Bonchev–Trinajstić information content (AvgIpc) is 2.42. The fraction of sp³-hybridized carbons (Fsp3) is 0.611. The first kappa shape index (κ1) is 18.5. The summed E-state index contributed by atoms with van der Waals surface area (Å²) in [4.78, 5) is 14.0. The molecule has 124 valence electrons. The summed E-state index contributed by atoms with van der Waals surface area (Å²) in [6.07, 6.45) is 0. The lowest BCUT2D eigenvalue weighted by atomic mass is 9.93. The van der Waals surface area contributed by atoms with Gasteiger partial charge in [-0.15, -0.1) is 0 Å². The van der Waals surface area contributed by atoms with Gasteiger partial charge in [0.1, 0.15) is 5.75 Å². The van der Waals surface area contributed by atoms with E-state index < -0.39 is 0 Å². The van der Waals surface area contributed by atoms with E-state index in [1.54, 1.807) is 0 Å². The van der Waals surface area contributed by atoms with Gasteiger partial charge in [0, 0.05) is 13.1 Å². The summed E-state index contributed by atoms with van der Waals surface area (Å²) in [6, 6.07) is 7.91. The number of amides is 1. The topological polar surface area (TPSA) is 41.6 Å². The maximum Gasteiger partial charge on any atom is 0.257 e. The van der Waals surface area contributed by atoms with Gasteiger partial charge in [-0.05, 0) is 43.1 Å². The summed E-state index contributed by atoms with van der Waals surface area (Å²) in [5.74, 6) is 1.11. The molecule has 4 heteroatoms. The van der Waals surface area contributed by atoms with Crippen molar-refractivity contribution < 1.29 is 9.53 Å². The molecule has 1 aromatic carbocycles. The van der Waals surface area contributed by atoms with Gasteiger partial charge in [0.2, 0.25) is 0 Å². The number of benzene rings is 1. The molecule has 0 heterocycles. The highest BCUT2D eigenvalue weighted by atomic mass is 16.5. The predicted octanol–water partition coefficient (Wildman–Crippen LogP) is 2.89. The van der Waals surface area contributed by atoms with Crippen molar-refractivity contribution in [2.45, 2.75) is 33.6 Å². The van der Waals surface area contributed by atoms with Crippen LogP contribution in [0.1, 0.15) is 39.2 Å². The number of carbonyl (C=O) groups is 1. The SMILES string of the molecule is CC(C)c1cccc(OCC(=O)NCC(C)(C)CN(C)C)c1. The summed E-state index contributed by atoms with van der Waals surface area (Å²) in [6.45, 7) is 10.2. The summed E-state index contributed by atoms with van der Waals surface area (Å²) >= 11 is 0. The molecule has 1 N–H and O–H groups in total. The third-order valence-corrected chi connectivity index (χ3v) is 3.40. The molecule has 0 bridgehead atoms. The molecule has 0 atom stereocenters. The fourth-order valence-electron chi connectivity index (χ4n) is 2.41. The lowest BCUT2D eigenvalue weighted by Gasteiger charge is -2.28. The van der Waals surface area contributed by atoms with Crippen molar-refractivity contribution in [1.29, 1.82) is 0 Å². The number of nitrogens with zero attached hydrogens (tertiary/aromatic N) is 1. The molecule has 22 heavy (non-hydrogen) atoms. The zero-order valence-electron chi connectivity index (χ0n) is 14.8. The number of hydrogen-bond acceptors (Lipinski definition) is 3. The first-order valence-corrected chi connectivity index (χ1v) is 7.84.